The molecule has 1 N–H and O–H groups in total. The van der Waals surface area contributed by atoms with E-state index in [0.29, 0.717) is 9.76 Å². The Morgan fingerprint density at radius 3 is 2.78 bits per heavy atom. The zero-order valence-corrected chi connectivity index (χ0v) is 12.7. The Hall–Kier alpha value is -2.68. The summed E-state index contributed by atoms with van der Waals surface area (Å²) < 4.78 is 13.9. The maximum Gasteiger partial charge on any atom is 0.306 e. The summed E-state index contributed by atoms with van der Waals surface area (Å²) in [7, 11) is 0. The molecule has 0 radical (unpaired) electrons. The van der Waals surface area contributed by atoms with Crippen molar-refractivity contribution < 1.29 is 18.8 Å². The van der Waals surface area contributed by atoms with Gasteiger partial charge in [-0.15, -0.1) is 0 Å². The first-order chi connectivity index (χ1) is 10.9. The molecule has 0 aliphatic heterocycles. The van der Waals surface area contributed by atoms with Gasteiger partial charge >= 0.3 is 5.69 Å². The quantitative estimate of drug-likeness (QED) is 0.297. The van der Waals surface area contributed by atoms with Crippen LogP contribution in [-0.2, 0) is 4.79 Å². The number of nitro groups is 1. The lowest BCUT2D eigenvalue weighted by molar-refractivity contribution is -0.645. The molecule has 1 heterocycles. The van der Waals surface area contributed by atoms with E-state index < -0.39 is 27.6 Å². The second-order valence-corrected chi connectivity index (χ2v) is 5.90. The van der Waals surface area contributed by atoms with Crippen LogP contribution in [0.15, 0.2) is 47.6 Å². The number of thioether (sulfide) groups is 1. The molecule has 2 rings (SSSR count). The molecule has 0 unspecified atom stereocenters. The fourth-order valence-corrected chi connectivity index (χ4v) is 2.56. The van der Waals surface area contributed by atoms with Crippen molar-refractivity contribution in [3.63, 3.8) is 0 Å². The summed E-state index contributed by atoms with van der Waals surface area (Å²) in [5.41, 5.74) is -0.609. The van der Waals surface area contributed by atoms with Gasteiger partial charge in [0.1, 0.15) is 0 Å². The number of hydrogen-bond donors (Lipinski definition) is 1. The molecule has 23 heavy (non-hydrogen) atoms. The van der Waals surface area contributed by atoms with Gasteiger partial charge in [0.25, 0.3) is 5.03 Å². The largest absolute Gasteiger partial charge is 0.618 e. The second kappa shape index (κ2) is 7.05. The Balaban J connectivity index is 2.08. The molecule has 120 valence electrons. The van der Waals surface area contributed by atoms with Gasteiger partial charge in [0, 0.05) is 23.9 Å². The highest BCUT2D eigenvalue weighted by atomic mass is 32.2. The number of aromatic nitrogens is 1. The molecule has 9 heteroatoms. The Bertz CT molecular complexity index is 757. The topological polar surface area (TPSA) is 99.2 Å². The van der Waals surface area contributed by atoms with Crippen molar-refractivity contribution in [2.45, 2.75) is 17.2 Å². The molecule has 0 fully saturated rings. The SMILES string of the molecule is C[C@H](Sc1cccc[n+]1[O-])C(=O)Nc1ccc(F)c([N+](=O)[O-])c1. The maximum atomic E-state index is 13.3. The van der Waals surface area contributed by atoms with Gasteiger partial charge in [-0.1, -0.05) is 0 Å². The normalized spacial score (nSPS) is 11.7. The van der Waals surface area contributed by atoms with Gasteiger partial charge in [0.05, 0.1) is 10.2 Å². The summed E-state index contributed by atoms with van der Waals surface area (Å²) in [4.78, 5) is 21.9. The number of amides is 1. The summed E-state index contributed by atoms with van der Waals surface area (Å²) >= 11 is 1.04. The van der Waals surface area contributed by atoms with Gasteiger partial charge in [-0.05, 0) is 36.9 Å². The molecule has 1 aromatic heterocycles. The van der Waals surface area contributed by atoms with Gasteiger partial charge < -0.3 is 10.5 Å². The van der Waals surface area contributed by atoms with E-state index in [1.807, 2.05) is 0 Å². The number of rotatable bonds is 5. The zero-order valence-electron chi connectivity index (χ0n) is 11.9. The van der Waals surface area contributed by atoms with Crippen molar-refractivity contribution in [2.24, 2.45) is 0 Å². The molecule has 0 saturated heterocycles. The predicted molar refractivity (Wildman–Crippen MR) is 82.4 cm³/mol. The van der Waals surface area contributed by atoms with Crippen LogP contribution in [-0.4, -0.2) is 16.1 Å². The van der Waals surface area contributed by atoms with E-state index in [9.17, 15) is 24.5 Å². The van der Waals surface area contributed by atoms with Crippen LogP contribution in [0.3, 0.4) is 0 Å². The molecule has 1 amide bonds. The lowest BCUT2D eigenvalue weighted by Gasteiger charge is -2.11. The number of nitrogens with zero attached hydrogens (tertiary/aromatic N) is 2. The van der Waals surface area contributed by atoms with Gasteiger partial charge in [-0.3, -0.25) is 14.9 Å². The van der Waals surface area contributed by atoms with E-state index in [1.165, 1.54) is 12.3 Å². The third-order valence-corrected chi connectivity index (χ3v) is 3.99. The average molecular weight is 337 g/mol. The van der Waals surface area contributed by atoms with Crippen molar-refractivity contribution in [1.29, 1.82) is 0 Å². The molecule has 0 aliphatic carbocycles. The number of anilines is 1. The predicted octanol–water partition coefficient (Wildman–Crippen LogP) is 2.49. The van der Waals surface area contributed by atoms with Crippen LogP contribution in [0, 0.1) is 21.1 Å². The fourth-order valence-electron chi connectivity index (χ4n) is 1.71. The molecule has 1 atom stereocenters. The monoisotopic (exact) mass is 337 g/mol. The first-order valence-corrected chi connectivity index (χ1v) is 7.36. The summed E-state index contributed by atoms with van der Waals surface area (Å²) in [6.45, 7) is 1.59. The highest BCUT2D eigenvalue weighted by Crippen LogP contribution is 2.24. The van der Waals surface area contributed by atoms with Crippen LogP contribution >= 0.6 is 11.8 Å². The highest BCUT2D eigenvalue weighted by molar-refractivity contribution is 8.00. The van der Waals surface area contributed by atoms with Gasteiger partial charge in [0.2, 0.25) is 11.7 Å². The van der Waals surface area contributed by atoms with Crippen molar-refractivity contribution in [2.75, 3.05) is 5.32 Å². The van der Waals surface area contributed by atoms with E-state index in [1.54, 1.807) is 25.1 Å². The third-order valence-electron chi connectivity index (χ3n) is 2.87. The van der Waals surface area contributed by atoms with Crippen molar-refractivity contribution >= 4 is 29.0 Å². The first kappa shape index (κ1) is 16.7. The molecule has 0 aliphatic rings. The average Bonchev–Trinajstić information content (AvgIpc) is 2.51. The number of halogens is 1. The summed E-state index contributed by atoms with van der Waals surface area (Å²) in [6.07, 6.45) is 1.32. The van der Waals surface area contributed by atoms with Crippen LogP contribution in [0.2, 0.25) is 0 Å². The molecular formula is C14H12FN3O4S. The summed E-state index contributed by atoms with van der Waals surface area (Å²) in [6, 6.07) is 7.90. The number of benzene rings is 1. The molecule has 0 spiro atoms. The van der Waals surface area contributed by atoms with Gasteiger partial charge in [0.15, 0.2) is 6.20 Å². The fraction of sp³-hybridized carbons (Fsp3) is 0.143. The van der Waals surface area contributed by atoms with Crippen LogP contribution in [0.1, 0.15) is 6.92 Å². The number of nitro benzene ring substituents is 1. The van der Waals surface area contributed by atoms with Crippen LogP contribution in [0.25, 0.3) is 0 Å². The number of carbonyl (C=O) groups excluding carboxylic acids is 1. The first-order valence-electron chi connectivity index (χ1n) is 6.48. The van der Waals surface area contributed by atoms with Gasteiger partial charge in [-0.2, -0.15) is 9.12 Å². The van der Waals surface area contributed by atoms with Gasteiger partial charge in [-0.25, -0.2) is 0 Å². The minimum Gasteiger partial charge on any atom is -0.618 e. The van der Waals surface area contributed by atoms with Crippen LogP contribution in [0.4, 0.5) is 15.8 Å². The van der Waals surface area contributed by atoms with Crippen LogP contribution < -0.4 is 10.0 Å². The van der Waals surface area contributed by atoms with E-state index >= 15 is 0 Å². The lowest BCUT2D eigenvalue weighted by atomic mass is 10.2. The van der Waals surface area contributed by atoms with E-state index in [4.69, 9.17) is 0 Å². The zero-order chi connectivity index (χ0) is 17.0. The Morgan fingerprint density at radius 1 is 1.39 bits per heavy atom. The van der Waals surface area contributed by atoms with Crippen LogP contribution in [0.5, 0.6) is 0 Å². The third kappa shape index (κ3) is 4.16. The molecule has 2 aromatic rings. The summed E-state index contributed by atoms with van der Waals surface area (Å²) in [5.74, 6) is -1.44. The molecule has 7 nitrogen and oxygen atoms in total. The number of nitrogens with one attached hydrogen (secondary N) is 1. The van der Waals surface area contributed by atoms with Crippen molar-refractivity contribution in [3.8, 4) is 0 Å². The molecular weight excluding hydrogens is 325 g/mol. The number of carbonyl (C=O) groups is 1. The maximum absolute atomic E-state index is 13.3. The number of pyridine rings is 1. The molecule has 1 aromatic carbocycles. The van der Waals surface area contributed by atoms with E-state index in [0.717, 1.165) is 23.9 Å². The van der Waals surface area contributed by atoms with Crippen molar-refractivity contribution in [1.82, 2.24) is 0 Å². The van der Waals surface area contributed by atoms with E-state index in [-0.39, 0.29) is 5.69 Å². The highest BCUT2D eigenvalue weighted by Gasteiger charge is 2.20. The second-order valence-electron chi connectivity index (χ2n) is 4.54. The van der Waals surface area contributed by atoms with Crippen molar-refractivity contribution in [3.05, 3.63) is 63.7 Å². The Labute approximate surface area is 134 Å². The Kier molecular flexibility index (Phi) is 5.12. The smallest absolute Gasteiger partial charge is 0.306 e. The lowest BCUT2D eigenvalue weighted by Crippen LogP contribution is -2.30. The minimum atomic E-state index is -0.980. The molecule has 0 saturated carbocycles. The van der Waals surface area contributed by atoms with E-state index in [2.05, 4.69) is 5.32 Å². The molecule has 0 bridgehead atoms. The standard InChI is InChI=1S/C14H12FN3O4S/c1-9(23-13-4-2-3-7-17(13)20)14(19)16-10-5-6-11(15)12(8-10)18(21)22/h2-9H,1H3,(H,16,19)/t9-/m0/s1. The minimum absolute atomic E-state index is 0.110. The summed E-state index contributed by atoms with van der Waals surface area (Å²) in [5, 5.41) is 24.4. The number of hydrogen-bond acceptors (Lipinski definition) is 5. The Morgan fingerprint density at radius 2 is 2.13 bits per heavy atom.